The quantitative estimate of drug-likeness (QED) is 0.420. The molecule has 1 heterocycles. The van der Waals surface area contributed by atoms with Crippen LogP contribution in [0.4, 0.5) is 0 Å². The van der Waals surface area contributed by atoms with Crippen LogP contribution in [-0.2, 0) is 0 Å². The molecule has 1 unspecified atom stereocenters. The summed E-state index contributed by atoms with van der Waals surface area (Å²) in [6.45, 7) is 0. The van der Waals surface area contributed by atoms with Crippen LogP contribution < -0.4 is 5.43 Å². The molecule has 0 aromatic rings. The van der Waals surface area contributed by atoms with Crippen molar-refractivity contribution in [2.75, 3.05) is 0 Å². The number of hydrogen-bond acceptors (Lipinski definition) is 3. The first kappa shape index (κ1) is 8.96. The Morgan fingerprint density at radius 3 is 2.40 bits per heavy atom. The zero-order chi connectivity index (χ0) is 7.78. The van der Waals surface area contributed by atoms with Gasteiger partial charge in [-0.15, -0.1) is 0 Å². The first-order valence-corrected chi connectivity index (χ1v) is 4.41. The summed E-state index contributed by atoms with van der Waals surface area (Å²) in [5, 5.41) is 3.70. The third-order valence-corrected chi connectivity index (χ3v) is 2.35. The standard InChI is InChI=1S/C3H3Cl3IN3/c4-3(5,6)2-9-8-1-10(2)7/h1-2,9H. The second kappa shape index (κ2) is 3.08. The average molecular weight is 314 g/mol. The van der Waals surface area contributed by atoms with Gasteiger partial charge in [0, 0.05) is 0 Å². The van der Waals surface area contributed by atoms with E-state index < -0.39 is 3.79 Å². The van der Waals surface area contributed by atoms with Crippen LogP contribution in [0, 0.1) is 0 Å². The second-order valence-corrected chi connectivity index (χ2v) is 5.15. The number of hydrogen-bond donors (Lipinski definition) is 1. The number of nitrogens with zero attached hydrogens (tertiary/aromatic N) is 2. The molecule has 0 amide bonds. The van der Waals surface area contributed by atoms with Gasteiger partial charge < -0.3 is 0 Å². The molecule has 58 valence electrons. The minimum atomic E-state index is -1.35. The van der Waals surface area contributed by atoms with Crippen LogP contribution in [0.2, 0.25) is 0 Å². The van der Waals surface area contributed by atoms with Crippen molar-refractivity contribution in [2.24, 2.45) is 5.10 Å². The van der Waals surface area contributed by atoms with Crippen LogP contribution in [-0.4, -0.2) is 19.4 Å². The van der Waals surface area contributed by atoms with Crippen LogP contribution in [0.5, 0.6) is 0 Å². The van der Waals surface area contributed by atoms with E-state index in [4.69, 9.17) is 34.8 Å². The highest BCUT2D eigenvalue weighted by Gasteiger charge is 2.38. The predicted octanol–water partition coefficient (Wildman–Crippen LogP) is 1.88. The summed E-state index contributed by atoms with van der Waals surface area (Å²) in [6, 6.07) is 0. The molecule has 1 atom stereocenters. The second-order valence-electron chi connectivity index (χ2n) is 1.66. The third-order valence-electron chi connectivity index (χ3n) is 0.922. The SMILES string of the molecule is ClC(Cl)(Cl)C1NN=CN1I. The maximum absolute atomic E-state index is 5.58. The maximum atomic E-state index is 5.58. The molecule has 0 fully saturated rings. The highest BCUT2D eigenvalue weighted by atomic mass is 127. The topological polar surface area (TPSA) is 27.6 Å². The van der Waals surface area contributed by atoms with E-state index in [9.17, 15) is 0 Å². The van der Waals surface area contributed by atoms with Crippen molar-refractivity contribution in [3.05, 3.63) is 0 Å². The summed E-state index contributed by atoms with van der Waals surface area (Å²) in [5.41, 5.74) is 2.64. The van der Waals surface area contributed by atoms with Crippen molar-refractivity contribution >= 4 is 64.0 Å². The molecule has 0 saturated carbocycles. The minimum Gasteiger partial charge on any atom is -0.281 e. The maximum Gasteiger partial charge on any atom is 0.230 e. The number of rotatable bonds is 0. The molecular weight excluding hydrogens is 311 g/mol. The van der Waals surface area contributed by atoms with Gasteiger partial charge in [-0.3, -0.25) is 8.54 Å². The first-order valence-electron chi connectivity index (χ1n) is 2.31. The summed E-state index contributed by atoms with van der Waals surface area (Å²) in [4.78, 5) is 0. The molecule has 0 radical (unpaired) electrons. The normalized spacial score (nSPS) is 25.2. The van der Waals surface area contributed by atoms with Gasteiger partial charge in [-0.05, 0) is 0 Å². The highest BCUT2D eigenvalue weighted by molar-refractivity contribution is 14.1. The lowest BCUT2D eigenvalue weighted by molar-refractivity contribution is 0.470. The van der Waals surface area contributed by atoms with Gasteiger partial charge in [-0.25, -0.2) is 0 Å². The first-order chi connectivity index (χ1) is 4.52. The van der Waals surface area contributed by atoms with E-state index in [1.54, 1.807) is 9.45 Å². The molecule has 1 aliphatic rings. The van der Waals surface area contributed by atoms with E-state index in [0.29, 0.717) is 0 Å². The van der Waals surface area contributed by atoms with E-state index in [1.165, 1.54) is 0 Å². The van der Waals surface area contributed by atoms with Crippen molar-refractivity contribution in [3.8, 4) is 0 Å². The summed E-state index contributed by atoms with van der Waals surface area (Å²) < 4.78 is 0.308. The zero-order valence-electron chi connectivity index (χ0n) is 4.56. The Morgan fingerprint density at radius 2 is 2.20 bits per heavy atom. The van der Waals surface area contributed by atoms with E-state index in [1.807, 2.05) is 22.9 Å². The van der Waals surface area contributed by atoms with Crippen LogP contribution >= 0.6 is 57.7 Å². The summed E-state index contributed by atoms with van der Waals surface area (Å²) in [5.74, 6) is 0. The third kappa shape index (κ3) is 1.93. The number of halogens is 4. The van der Waals surface area contributed by atoms with Gasteiger partial charge in [0.25, 0.3) is 0 Å². The Kier molecular flexibility index (Phi) is 2.76. The van der Waals surface area contributed by atoms with E-state index in [0.717, 1.165) is 0 Å². The molecule has 3 nitrogen and oxygen atoms in total. The Balaban J connectivity index is 2.60. The van der Waals surface area contributed by atoms with Crippen molar-refractivity contribution in [1.29, 1.82) is 0 Å². The fraction of sp³-hybridized carbons (Fsp3) is 0.667. The van der Waals surface area contributed by atoms with E-state index in [2.05, 4.69) is 10.5 Å². The predicted molar refractivity (Wildman–Crippen MR) is 51.6 cm³/mol. The lowest BCUT2D eigenvalue weighted by atomic mass is 10.6. The van der Waals surface area contributed by atoms with Gasteiger partial charge in [0.05, 0.1) is 22.9 Å². The van der Waals surface area contributed by atoms with Gasteiger partial charge in [0.1, 0.15) is 6.34 Å². The average Bonchev–Trinajstić information content (AvgIpc) is 2.11. The van der Waals surface area contributed by atoms with Crippen molar-refractivity contribution in [2.45, 2.75) is 9.96 Å². The fourth-order valence-corrected chi connectivity index (χ4v) is 2.12. The van der Waals surface area contributed by atoms with Gasteiger partial charge in [-0.2, -0.15) is 5.10 Å². The Bertz CT molecular complexity index is 156. The summed E-state index contributed by atoms with van der Waals surface area (Å²) >= 11 is 18.7. The molecule has 0 bridgehead atoms. The number of alkyl halides is 3. The lowest BCUT2D eigenvalue weighted by Gasteiger charge is -2.23. The molecule has 1 rings (SSSR count). The van der Waals surface area contributed by atoms with Crippen molar-refractivity contribution < 1.29 is 0 Å². The Hall–Kier alpha value is 0.870. The number of hydrazone groups is 1. The molecule has 1 N–H and O–H groups in total. The Morgan fingerprint density at radius 1 is 1.60 bits per heavy atom. The molecule has 7 heteroatoms. The molecular formula is C3H3Cl3IN3. The summed E-state index contributed by atoms with van der Waals surface area (Å²) in [7, 11) is 0. The molecule has 1 aliphatic heterocycles. The number of nitrogens with one attached hydrogen (secondary N) is 1. The van der Waals surface area contributed by atoms with Crippen LogP contribution in [0.3, 0.4) is 0 Å². The van der Waals surface area contributed by atoms with Gasteiger partial charge in [0.15, 0.2) is 6.17 Å². The van der Waals surface area contributed by atoms with Crippen LogP contribution in [0.25, 0.3) is 0 Å². The molecule has 0 spiro atoms. The summed E-state index contributed by atoms with van der Waals surface area (Å²) in [6.07, 6.45) is 1.17. The molecule has 10 heavy (non-hydrogen) atoms. The van der Waals surface area contributed by atoms with Gasteiger partial charge >= 0.3 is 0 Å². The Labute approximate surface area is 87.2 Å². The monoisotopic (exact) mass is 313 g/mol. The highest BCUT2D eigenvalue weighted by Crippen LogP contribution is 2.34. The van der Waals surface area contributed by atoms with Crippen molar-refractivity contribution in [3.63, 3.8) is 0 Å². The van der Waals surface area contributed by atoms with E-state index >= 15 is 0 Å². The largest absolute Gasteiger partial charge is 0.281 e. The molecule has 0 aromatic heterocycles. The molecule has 0 saturated heterocycles. The van der Waals surface area contributed by atoms with Gasteiger partial charge in [-0.1, -0.05) is 34.8 Å². The van der Waals surface area contributed by atoms with Gasteiger partial charge in [0.2, 0.25) is 3.79 Å². The van der Waals surface area contributed by atoms with E-state index in [-0.39, 0.29) is 6.17 Å². The zero-order valence-corrected chi connectivity index (χ0v) is 8.99. The van der Waals surface area contributed by atoms with Crippen molar-refractivity contribution in [1.82, 2.24) is 8.54 Å². The molecule has 0 aliphatic carbocycles. The lowest BCUT2D eigenvalue weighted by Crippen LogP contribution is -2.41. The van der Waals surface area contributed by atoms with Crippen LogP contribution in [0.15, 0.2) is 5.10 Å². The fourth-order valence-electron chi connectivity index (χ4n) is 0.494. The smallest absolute Gasteiger partial charge is 0.230 e. The van der Waals surface area contributed by atoms with Crippen LogP contribution in [0.1, 0.15) is 0 Å². The molecule has 0 aromatic carbocycles. The minimum absolute atomic E-state index is 0.377.